The SMILES string of the molecule is C.C.C=CC(C)=O.Cc1ccc(N=Nc2ccc([N+](=O)[O-])cc2)cc1. The molecule has 2 aromatic rings. The van der Waals surface area contributed by atoms with Gasteiger partial charge in [0, 0.05) is 12.1 Å². The molecular formula is C19H25N3O3. The molecule has 0 amide bonds. The van der Waals surface area contributed by atoms with Crippen LogP contribution in [0.2, 0.25) is 0 Å². The fraction of sp³-hybridized carbons (Fsp3) is 0.211. The number of aryl methyl sites for hydroxylation is 1. The zero-order chi connectivity index (χ0) is 17.2. The maximum atomic E-state index is 10.5. The molecule has 0 fully saturated rings. The Labute approximate surface area is 149 Å². The molecule has 6 nitrogen and oxygen atoms in total. The molecule has 0 aliphatic carbocycles. The van der Waals surface area contributed by atoms with E-state index < -0.39 is 4.92 Å². The Morgan fingerprint density at radius 2 is 1.36 bits per heavy atom. The number of nitro benzene ring substituents is 1. The topological polar surface area (TPSA) is 84.9 Å². The van der Waals surface area contributed by atoms with Gasteiger partial charge in [0.2, 0.25) is 0 Å². The second kappa shape index (κ2) is 12.3. The highest BCUT2D eigenvalue weighted by Crippen LogP contribution is 2.21. The van der Waals surface area contributed by atoms with E-state index in [2.05, 4.69) is 16.8 Å². The van der Waals surface area contributed by atoms with Crippen molar-refractivity contribution in [3.63, 3.8) is 0 Å². The smallest absolute Gasteiger partial charge is 0.269 e. The van der Waals surface area contributed by atoms with Crippen LogP contribution >= 0.6 is 0 Å². The summed E-state index contributed by atoms with van der Waals surface area (Å²) < 4.78 is 0. The van der Waals surface area contributed by atoms with E-state index in [9.17, 15) is 14.9 Å². The highest BCUT2D eigenvalue weighted by atomic mass is 16.6. The van der Waals surface area contributed by atoms with Gasteiger partial charge in [-0.05, 0) is 44.2 Å². The number of benzene rings is 2. The normalized spacial score (nSPS) is 9.04. The molecule has 0 unspecified atom stereocenters. The molecule has 0 aliphatic rings. The molecular weight excluding hydrogens is 318 g/mol. The predicted octanol–water partition coefficient (Wildman–Crippen LogP) is 6.35. The molecule has 0 atom stereocenters. The lowest BCUT2D eigenvalue weighted by Gasteiger charge is -1.94. The Balaban J connectivity index is 0. The van der Waals surface area contributed by atoms with Crippen molar-refractivity contribution in [1.82, 2.24) is 0 Å². The molecule has 0 heterocycles. The number of non-ortho nitro benzene ring substituents is 1. The Bertz CT molecular complexity index is 706. The summed E-state index contributed by atoms with van der Waals surface area (Å²) in [5.41, 5.74) is 2.54. The van der Waals surface area contributed by atoms with Gasteiger partial charge >= 0.3 is 0 Å². The first-order chi connectivity index (χ1) is 10.9. The van der Waals surface area contributed by atoms with Gasteiger partial charge in [0.15, 0.2) is 5.78 Å². The van der Waals surface area contributed by atoms with Gasteiger partial charge in [0.05, 0.1) is 16.3 Å². The monoisotopic (exact) mass is 343 g/mol. The molecule has 134 valence electrons. The van der Waals surface area contributed by atoms with Crippen LogP contribution < -0.4 is 0 Å². The van der Waals surface area contributed by atoms with Crippen LogP contribution in [0.25, 0.3) is 0 Å². The Morgan fingerprint density at radius 1 is 1.00 bits per heavy atom. The van der Waals surface area contributed by atoms with E-state index in [1.165, 1.54) is 25.1 Å². The first kappa shape index (κ1) is 24.1. The number of carbonyl (C=O) groups is 1. The van der Waals surface area contributed by atoms with Crippen LogP contribution in [0.3, 0.4) is 0 Å². The zero-order valence-corrected chi connectivity index (χ0v) is 13.0. The lowest BCUT2D eigenvalue weighted by molar-refractivity contribution is -0.384. The molecule has 0 N–H and O–H groups in total. The van der Waals surface area contributed by atoms with Crippen molar-refractivity contribution in [3.05, 3.63) is 76.9 Å². The van der Waals surface area contributed by atoms with E-state index in [4.69, 9.17) is 0 Å². The number of hydrogen-bond donors (Lipinski definition) is 0. The predicted molar refractivity (Wildman–Crippen MR) is 103 cm³/mol. The van der Waals surface area contributed by atoms with Crippen molar-refractivity contribution >= 4 is 22.8 Å². The summed E-state index contributed by atoms with van der Waals surface area (Å²) in [5.74, 6) is 0.0185. The van der Waals surface area contributed by atoms with Crippen molar-refractivity contribution in [2.24, 2.45) is 10.2 Å². The quantitative estimate of drug-likeness (QED) is 0.280. The lowest BCUT2D eigenvalue weighted by atomic mass is 10.2. The summed E-state index contributed by atoms with van der Waals surface area (Å²) in [4.78, 5) is 19.7. The minimum atomic E-state index is -0.444. The molecule has 0 aliphatic heterocycles. The fourth-order valence-corrected chi connectivity index (χ4v) is 1.37. The number of nitrogens with zero attached hydrogens (tertiary/aromatic N) is 3. The zero-order valence-electron chi connectivity index (χ0n) is 13.0. The molecule has 0 aromatic heterocycles. The summed E-state index contributed by atoms with van der Waals surface area (Å²) in [7, 11) is 0. The minimum absolute atomic E-state index is 0. The molecule has 0 spiro atoms. The van der Waals surface area contributed by atoms with Crippen molar-refractivity contribution in [2.75, 3.05) is 0 Å². The van der Waals surface area contributed by atoms with E-state index in [0.717, 1.165) is 11.3 Å². The Hall–Kier alpha value is -3.15. The van der Waals surface area contributed by atoms with Gasteiger partial charge in [0.1, 0.15) is 0 Å². The summed E-state index contributed by atoms with van der Waals surface area (Å²) >= 11 is 0. The second-order valence-corrected chi connectivity index (χ2v) is 4.62. The Morgan fingerprint density at radius 3 is 1.68 bits per heavy atom. The van der Waals surface area contributed by atoms with Gasteiger partial charge in [-0.3, -0.25) is 14.9 Å². The van der Waals surface area contributed by atoms with Gasteiger partial charge in [-0.2, -0.15) is 10.2 Å². The largest absolute Gasteiger partial charge is 0.295 e. The van der Waals surface area contributed by atoms with Crippen LogP contribution in [0.1, 0.15) is 27.3 Å². The molecule has 0 bridgehead atoms. The number of ketones is 1. The number of hydrogen-bond acceptors (Lipinski definition) is 5. The third kappa shape index (κ3) is 9.55. The lowest BCUT2D eigenvalue weighted by Crippen LogP contribution is -1.85. The van der Waals surface area contributed by atoms with E-state index in [-0.39, 0.29) is 26.3 Å². The molecule has 2 rings (SSSR count). The summed E-state index contributed by atoms with van der Waals surface area (Å²) in [6.07, 6.45) is 1.28. The Kier molecular flexibility index (Phi) is 11.9. The second-order valence-electron chi connectivity index (χ2n) is 4.62. The summed E-state index contributed by atoms with van der Waals surface area (Å²) in [6.45, 7) is 6.67. The van der Waals surface area contributed by atoms with Gasteiger partial charge in [0.25, 0.3) is 5.69 Å². The first-order valence-electron chi connectivity index (χ1n) is 6.78. The molecule has 0 radical (unpaired) electrons. The molecule has 0 saturated carbocycles. The van der Waals surface area contributed by atoms with Crippen LogP contribution in [0, 0.1) is 17.0 Å². The number of allylic oxidation sites excluding steroid dienone is 1. The summed E-state index contributed by atoms with van der Waals surface area (Å²) in [6, 6.07) is 13.6. The molecule has 6 heteroatoms. The van der Waals surface area contributed by atoms with Crippen molar-refractivity contribution < 1.29 is 9.72 Å². The van der Waals surface area contributed by atoms with Crippen LogP contribution in [0.4, 0.5) is 17.1 Å². The first-order valence-corrected chi connectivity index (χ1v) is 6.78. The van der Waals surface area contributed by atoms with Gasteiger partial charge < -0.3 is 0 Å². The molecule has 0 saturated heterocycles. The molecule has 25 heavy (non-hydrogen) atoms. The van der Waals surface area contributed by atoms with E-state index in [1.807, 2.05) is 31.2 Å². The average molecular weight is 343 g/mol. The molecule has 2 aromatic carbocycles. The number of nitro groups is 1. The highest BCUT2D eigenvalue weighted by molar-refractivity contribution is 5.86. The van der Waals surface area contributed by atoms with Crippen LogP contribution in [-0.2, 0) is 4.79 Å². The average Bonchev–Trinajstić information content (AvgIpc) is 2.55. The van der Waals surface area contributed by atoms with E-state index >= 15 is 0 Å². The van der Waals surface area contributed by atoms with Gasteiger partial charge in [-0.25, -0.2) is 0 Å². The van der Waals surface area contributed by atoms with Gasteiger partial charge in [-0.1, -0.05) is 39.1 Å². The maximum absolute atomic E-state index is 10.5. The van der Waals surface area contributed by atoms with Crippen molar-refractivity contribution in [2.45, 2.75) is 28.7 Å². The van der Waals surface area contributed by atoms with E-state index in [1.54, 1.807) is 12.1 Å². The van der Waals surface area contributed by atoms with Crippen LogP contribution in [0.5, 0.6) is 0 Å². The van der Waals surface area contributed by atoms with Gasteiger partial charge in [-0.15, -0.1) is 0 Å². The third-order valence-electron chi connectivity index (χ3n) is 2.66. The van der Waals surface area contributed by atoms with Crippen molar-refractivity contribution in [3.8, 4) is 0 Å². The van der Waals surface area contributed by atoms with Crippen molar-refractivity contribution in [1.29, 1.82) is 0 Å². The maximum Gasteiger partial charge on any atom is 0.269 e. The fourth-order valence-electron chi connectivity index (χ4n) is 1.37. The number of carbonyl (C=O) groups excluding carboxylic acids is 1. The number of azo groups is 1. The minimum Gasteiger partial charge on any atom is -0.295 e. The highest BCUT2D eigenvalue weighted by Gasteiger charge is 2.02. The standard InChI is InChI=1S/C13H11N3O2.C4H6O.2CH4/c1-10-2-4-11(5-3-10)14-15-12-6-8-13(9-7-12)16(17)18;1-3-4(2)5;;/h2-9H,1H3;3H,1H2,2H3;2*1H4. The van der Waals surface area contributed by atoms with Crippen LogP contribution in [-0.4, -0.2) is 10.7 Å². The third-order valence-corrected chi connectivity index (χ3v) is 2.66. The van der Waals surface area contributed by atoms with E-state index in [0.29, 0.717) is 5.69 Å². The summed E-state index contributed by atoms with van der Waals surface area (Å²) in [5, 5.41) is 18.5. The number of rotatable bonds is 4. The van der Waals surface area contributed by atoms with Crippen LogP contribution in [0.15, 0.2) is 71.4 Å².